The van der Waals surface area contributed by atoms with Crippen LogP contribution in [-0.4, -0.2) is 49.9 Å². The normalized spacial score (nSPS) is 12.5. The highest BCUT2D eigenvalue weighted by Crippen LogP contribution is 2.33. The largest absolute Gasteiger partial charge is 0.504 e. The van der Waals surface area contributed by atoms with Crippen LogP contribution in [0.5, 0.6) is 23.0 Å². The third-order valence-corrected chi connectivity index (χ3v) is 5.23. The average Bonchev–Trinajstić information content (AvgIpc) is 2.70. The first-order valence-corrected chi connectivity index (χ1v) is 9.34. The molecule has 0 aliphatic carbocycles. The SMILES string of the molecule is COc1cccc(/C=N/C(C)(C)C(C)(C)/N=C/c2cccc(OC)c2OC)c1O. The summed E-state index contributed by atoms with van der Waals surface area (Å²) in [5.74, 6) is 1.77. The van der Waals surface area contributed by atoms with Crippen LogP contribution in [0.25, 0.3) is 0 Å². The van der Waals surface area contributed by atoms with Gasteiger partial charge in [-0.15, -0.1) is 0 Å². The van der Waals surface area contributed by atoms with E-state index in [1.54, 1.807) is 38.8 Å². The maximum Gasteiger partial charge on any atom is 0.169 e. The average molecular weight is 399 g/mol. The molecule has 29 heavy (non-hydrogen) atoms. The molecule has 0 amide bonds. The number of para-hydroxylation sites is 2. The molecule has 0 spiro atoms. The number of phenols is 1. The molecule has 2 aromatic rings. The summed E-state index contributed by atoms with van der Waals surface area (Å²) in [7, 11) is 4.73. The Labute approximate surface area is 172 Å². The Morgan fingerprint density at radius 1 is 0.724 bits per heavy atom. The second-order valence-corrected chi connectivity index (χ2v) is 7.62. The molecule has 0 unspecified atom stereocenters. The molecular formula is C23H30N2O4. The minimum atomic E-state index is -0.550. The summed E-state index contributed by atoms with van der Waals surface area (Å²) in [6.45, 7) is 8.03. The molecule has 2 aromatic carbocycles. The molecule has 0 radical (unpaired) electrons. The van der Waals surface area contributed by atoms with Gasteiger partial charge < -0.3 is 19.3 Å². The van der Waals surface area contributed by atoms with Gasteiger partial charge in [-0.05, 0) is 52.0 Å². The summed E-state index contributed by atoms with van der Waals surface area (Å²) in [5.41, 5.74) is 0.328. The van der Waals surface area contributed by atoms with Crippen LogP contribution in [0.1, 0.15) is 38.8 Å². The molecule has 0 fully saturated rings. The van der Waals surface area contributed by atoms with E-state index in [2.05, 4.69) is 0 Å². The number of hydrogen-bond acceptors (Lipinski definition) is 6. The second kappa shape index (κ2) is 8.99. The predicted molar refractivity (Wildman–Crippen MR) is 118 cm³/mol. The smallest absolute Gasteiger partial charge is 0.169 e. The minimum absolute atomic E-state index is 0.0666. The van der Waals surface area contributed by atoms with Crippen LogP contribution in [0, 0.1) is 0 Å². The van der Waals surface area contributed by atoms with Crippen LogP contribution < -0.4 is 14.2 Å². The van der Waals surface area contributed by atoms with Gasteiger partial charge in [0.05, 0.1) is 32.4 Å². The summed E-state index contributed by atoms with van der Waals surface area (Å²) in [4.78, 5) is 9.50. The Kier molecular flexibility index (Phi) is 6.90. The predicted octanol–water partition coefficient (Wildman–Crippen LogP) is 4.51. The molecule has 6 heteroatoms. The van der Waals surface area contributed by atoms with E-state index < -0.39 is 11.1 Å². The first kappa shape index (κ1) is 22.3. The maximum absolute atomic E-state index is 10.3. The van der Waals surface area contributed by atoms with Gasteiger partial charge in [0.15, 0.2) is 23.0 Å². The zero-order chi connectivity index (χ0) is 21.7. The highest BCUT2D eigenvalue weighted by molar-refractivity contribution is 5.86. The number of methoxy groups -OCH3 is 3. The summed E-state index contributed by atoms with van der Waals surface area (Å²) < 4.78 is 16.0. The summed E-state index contributed by atoms with van der Waals surface area (Å²) >= 11 is 0. The lowest BCUT2D eigenvalue weighted by Gasteiger charge is -2.35. The molecule has 6 nitrogen and oxygen atoms in total. The molecule has 0 aliphatic heterocycles. The molecule has 0 heterocycles. The van der Waals surface area contributed by atoms with Gasteiger partial charge in [0.25, 0.3) is 0 Å². The van der Waals surface area contributed by atoms with Crippen molar-refractivity contribution in [3.05, 3.63) is 47.5 Å². The van der Waals surface area contributed by atoms with Crippen LogP contribution in [0.3, 0.4) is 0 Å². The number of aromatic hydroxyl groups is 1. The van der Waals surface area contributed by atoms with E-state index in [1.807, 2.05) is 52.0 Å². The molecule has 0 aliphatic rings. The Morgan fingerprint density at radius 2 is 1.21 bits per heavy atom. The van der Waals surface area contributed by atoms with E-state index in [0.29, 0.717) is 22.8 Å². The molecule has 2 rings (SSSR count). The van der Waals surface area contributed by atoms with Crippen LogP contribution in [0.2, 0.25) is 0 Å². The van der Waals surface area contributed by atoms with Crippen LogP contribution in [0.15, 0.2) is 46.4 Å². The first-order valence-electron chi connectivity index (χ1n) is 9.34. The van der Waals surface area contributed by atoms with Crippen molar-refractivity contribution in [2.75, 3.05) is 21.3 Å². The van der Waals surface area contributed by atoms with Gasteiger partial charge in [-0.2, -0.15) is 0 Å². The lowest BCUT2D eigenvalue weighted by atomic mass is 9.83. The van der Waals surface area contributed by atoms with Gasteiger partial charge >= 0.3 is 0 Å². The minimum Gasteiger partial charge on any atom is -0.504 e. The Hall–Kier alpha value is -3.02. The van der Waals surface area contributed by atoms with Crippen molar-refractivity contribution in [1.29, 1.82) is 0 Å². The molecule has 156 valence electrons. The number of nitrogens with zero attached hydrogens (tertiary/aromatic N) is 2. The fraction of sp³-hybridized carbons (Fsp3) is 0.391. The second-order valence-electron chi connectivity index (χ2n) is 7.62. The van der Waals surface area contributed by atoms with Crippen molar-refractivity contribution in [3.8, 4) is 23.0 Å². The summed E-state index contributed by atoms with van der Waals surface area (Å²) in [6.07, 6.45) is 3.43. The molecule has 0 aromatic heterocycles. The van der Waals surface area contributed by atoms with E-state index in [9.17, 15) is 5.11 Å². The Balaban J connectivity index is 2.31. The van der Waals surface area contributed by atoms with Crippen molar-refractivity contribution in [2.45, 2.75) is 38.8 Å². The zero-order valence-electron chi connectivity index (χ0n) is 18.2. The highest BCUT2D eigenvalue weighted by Gasteiger charge is 2.36. The van der Waals surface area contributed by atoms with E-state index in [1.165, 1.54) is 7.11 Å². The quantitative estimate of drug-likeness (QED) is 0.664. The number of aliphatic imine (C=N–C) groups is 2. The standard InChI is InChI=1S/C23H30N2O4/c1-22(2,24-14-16-10-8-12-18(27-5)20(16)26)23(3,4)25-15-17-11-9-13-19(28-6)21(17)29-7/h8-15,26H,1-7H3/b24-14+,25-15+. The van der Waals surface area contributed by atoms with Crippen molar-refractivity contribution >= 4 is 12.4 Å². The first-order chi connectivity index (χ1) is 13.7. The third kappa shape index (κ3) is 4.88. The number of ether oxygens (including phenoxy) is 3. The lowest BCUT2D eigenvalue weighted by molar-refractivity contribution is 0.317. The molecule has 0 saturated carbocycles. The van der Waals surface area contributed by atoms with Gasteiger partial charge in [-0.1, -0.05) is 12.1 Å². The Morgan fingerprint density at radius 3 is 1.72 bits per heavy atom. The molecule has 0 bridgehead atoms. The van der Waals surface area contributed by atoms with Crippen molar-refractivity contribution < 1.29 is 19.3 Å². The molecule has 0 atom stereocenters. The Bertz CT molecular complexity index is 902. The topological polar surface area (TPSA) is 72.6 Å². The van der Waals surface area contributed by atoms with E-state index in [0.717, 1.165) is 5.56 Å². The van der Waals surface area contributed by atoms with E-state index >= 15 is 0 Å². The van der Waals surface area contributed by atoms with Gasteiger partial charge in [0.2, 0.25) is 0 Å². The number of hydrogen-bond donors (Lipinski definition) is 1. The lowest BCUT2D eigenvalue weighted by Crippen LogP contribution is -2.42. The monoisotopic (exact) mass is 398 g/mol. The van der Waals surface area contributed by atoms with Gasteiger partial charge in [-0.3, -0.25) is 9.98 Å². The molecule has 0 saturated heterocycles. The van der Waals surface area contributed by atoms with Crippen molar-refractivity contribution in [3.63, 3.8) is 0 Å². The van der Waals surface area contributed by atoms with E-state index in [-0.39, 0.29) is 5.75 Å². The zero-order valence-corrected chi connectivity index (χ0v) is 18.2. The van der Waals surface area contributed by atoms with Crippen LogP contribution in [0.4, 0.5) is 0 Å². The fourth-order valence-corrected chi connectivity index (χ4v) is 2.60. The number of rotatable bonds is 8. The van der Waals surface area contributed by atoms with Gasteiger partial charge in [-0.25, -0.2) is 0 Å². The highest BCUT2D eigenvalue weighted by atomic mass is 16.5. The fourth-order valence-electron chi connectivity index (χ4n) is 2.60. The van der Waals surface area contributed by atoms with Gasteiger partial charge in [0.1, 0.15) is 0 Å². The van der Waals surface area contributed by atoms with Crippen LogP contribution in [-0.2, 0) is 0 Å². The third-order valence-electron chi connectivity index (χ3n) is 5.23. The maximum atomic E-state index is 10.3. The van der Waals surface area contributed by atoms with Crippen molar-refractivity contribution in [1.82, 2.24) is 0 Å². The van der Waals surface area contributed by atoms with Crippen molar-refractivity contribution in [2.24, 2.45) is 9.98 Å². The summed E-state index contributed by atoms with van der Waals surface area (Å²) in [6, 6.07) is 11.0. The van der Waals surface area contributed by atoms with E-state index in [4.69, 9.17) is 24.2 Å². The van der Waals surface area contributed by atoms with Crippen LogP contribution >= 0.6 is 0 Å². The number of benzene rings is 2. The number of phenolic OH excluding ortho intramolecular Hbond substituents is 1. The summed E-state index contributed by atoms with van der Waals surface area (Å²) in [5, 5.41) is 10.3. The molecular weight excluding hydrogens is 368 g/mol. The van der Waals surface area contributed by atoms with Gasteiger partial charge in [0, 0.05) is 23.6 Å². The molecule has 1 N–H and O–H groups in total.